The number of anilines is 3. The van der Waals surface area contributed by atoms with Crippen molar-refractivity contribution in [3.63, 3.8) is 0 Å². The van der Waals surface area contributed by atoms with Gasteiger partial charge in [0.25, 0.3) is 0 Å². The van der Waals surface area contributed by atoms with E-state index in [2.05, 4.69) is 9.97 Å². The van der Waals surface area contributed by atoms with E-state index in [1.807, 2.05) is 0 Å². The lowest BCUT2D eigenvalue weighted by Gasteiger charge is -2.22. The number of aromatic nitrogens is 2. The minimum absolute atomic E-state index is 0.0788. The zero-order valence-corrected chi connectivity index (χ0v) is 13.8. The van der Waals surface area contributed by atoms with E-state index in [0.717, 1.165) is 0 Å². The number of esters is 1. The van der Waals surface area contributed by atoms with Crippen LogP contribution in [0.4, 0.5) is 23.0 Å². The molecule has 0 saturated heterocycles. The van der Waals surface area contributed by atoms with Gasteiger partial charge in [0, 0.05) is 21.1 Å². The number of rotatable bonds is 5. The van der Waals surface area contributed by atoms with Gasteiger partial charge in [-0.05, 0) is 12.1 Å². The number of ether oxygens (including phenoxy) is 1. The highest BCUT2D eigenvalue weighted by atomic mass is 16.6. The van der Waals surface area contributed by atoms with Crippen LogP contribution in [0.3, 0.4) is 0 Å². The molecule has 2 aromatic rings. The minimum atomic E-state index is -0.540. The molecule has 0 aliphatic heterocycles. The van der Waals surface area contributed by atoms with Gasteiger partial charge < -0.3 is 14.5 Å². The fourth-order valence-electron chi connectivity index (χ4n) is 2.26. The van der Waals surface area contributed by atoms with Crippen molar-refractivity contribution in [1.82, 2.24) is 9.97 Å². The van der Waals surface area contributed by atoms with E-state index >= 15 is 0 Å². The van der Waals surface area contributed by atoms with Crippen molar-refractivity contribution in [1.29, 1.82) is 0 Å². The van der Waals surface area contributed by atoms with Gasteiger partial charge in [-0.25, -0.2) is 14.8 Å². The Morgan fingerprint density at radius 2 is 1.79 bits per heavy atom. The maximum absolute atomic E-state index is 11.9. The average molecular weight is 331 g/mol. The van der Waals surface area contributed by atoms with Crippen LogP contribution in [0.1, 0.15) is 10.4 Å². The molecule has 0 aliphatic carbocycles. The molecule has 24 heavy (non-hydrogen) atoms. The number of carbonyl (C=O) groups excluding carboxylic acids is 1. The molecule has 126 valence electrons. The summed E-state index contributed by atoms with van der Waals surface area (Å²) < 4.78 is 4.76. The number of para-hydroxylation sites is 1. The first-order valence-electron chi connectivity index (χ1n) is 6.96. The Balaban J connectivity index is 2.64. The number of hydrogen-bond acceptors (Lipinski definition) is 8. The van der Waals surface area contributed by atoms with Gasteiger partial charge in [-0.15, -0.1) is 0 Å². The van der Waals surface area contributed by atoms with Crippen LogP contribution < -0.4 is 9.80 Å². The summed E-state index contributed by atoms with van der Waals surface area (Å²) in [5, 5.41) is 11.5. The van der Waals surface area contributed by atoms with Crippen molar-refractivity contribution in [2.24, 2.45) is 0 Å². The number of methoxy groups -OCH3 is 1. The van der Waals surface area contributed by atoms with Crippen LogP contribution in [-0.4, -0.2) is 49.1 Å². The second kappa shape index (κ2) is 6.90. The van der Waals surface area contributed by atoms with Crippen LogP contribution in [0, 0.1) is 10.1 Å². The molecule has 2 rings (SSSR count). The van der Waals surface area contributed by atoms with Gasteiger partial charge in [0.1, 0.15) is 6.33 Å². The zero-order chi connectivity index (χ0) is 17.9. The van der Waals surface area contributed by atoms with Crippen LogP contribution in [0.15, 0.2) is 30.6 Å². The molecule has 1 aromatic carbocycles. The molecule has 0 atom stereocenters. The third kappa shape index (κ3) is 3.09. The standard InChI is InChI=1S/C15H17N5O4/c1-18(2)13-12(20(22)23)14(17-9-16-13)19(3)11-8-6-5-7-10(11)15(21)24-4/h5-9H,1-4H3. The highest BCUT2D eigenvalue weighted by Gasteiger charge is 2.28. The topological polar surface area (TPSA) is 102 Å². The molecule has 0 aliphatic rings. The first kappa shape index (κ1) is 17.1. The van der Waals surface area contributed by atoms with E-state index in [0.29, 0.717) is 5.69 Å². The summed E-state index contributed by atoms with van der Waals surface area (Å²) in [7, 11) is 6.18. The summed E-state index contributed by atoms with van der Waals surface area (Å²) >= 11 is 0. The number of nitrogens with zero attached hydrogens (tertiary/aromatic N) is 5. The molecule has 1 aromatic heterocycles. The molecule has 0 spiro atoms. The quantitative estimate of drug-likeness (QED) is 0.466. The smallest absolute Gasteiger partial charge is 0.353 e. The van der Waals surface area contributed by atoms with Crippen LogP contribution in [0.2, 0.25) is 0 Å². The first-order chi connectivity index (χ1) is 11.4. The predicted molar refractivity (Wildman–Crippen MR) is 88.9 cm³/mol. The van der Waals surface area contributed by atoms with Gasteiger partial charge in [0.2, 0.25) is 11.6 Å². The van der Waals surface area contributed by atoms with E-state index < -0.39 is 10.9 Å². The Labute approximate surface area is 138 Å². The van der Waals surface area contributed by atoms with Crippen molar-refractivity contribution in [3.05, 3.63) is 46.3 Å². The molecule has 0 radical (unpaired) electrons. The van der Waals surface area contributed by atoms with Gasteiger partial charge in [-0.3, -0.25) is 10.1 Å². The van der Waals surface area contributed by atoms with Crippen molar-refractivity contribution < 1.29 is 14.5 Å². The summed E-state index contributed by atoms with van der Waals surface area (Å²) in [6, 6.07) is 6.65. The van der Waals surface area contributed by atoms with E-state index in [4.69, 9.17) is 4.74 Å². The Morgan fingerprint density at radius 3 is 2.38 bits per heavy atom. The van der Waals surface area contributed by atoms with Crippen molar-refractivity contribution >= 4 is 29.0 Å². The highest BCUT2D eigenvalue weighted by Crippen LogP contribution is 2.36. The maximum Gasteiger partial charge on any atom is 0.353 e. The normalized spacial score (nSPS) is 10.2. The molecule has 9 nitrogen and oxygen atoms in total. The van der Waals surface area contributed by atoms with E-state index in [1.165, 1.54) is 23.2 Å². The molecule has 0 amide bonds. The maximum atomic E-state index is 11.9. The van der Waals surface area contributed by atoms with Crippen molar-refractivity contribution in [2.75, 3.05) is 38.1 Å². The average Bonchev–Trinajstić information content (AvgIpc) is 2.59. The molecule has 0 N–H and O–H groups in total. The molecule has 0 bridgehead atoms. The van der Waals surface area contributed by atoms with E-state index in [9.17, 15) is 14.9 Å². The Bertz CT molecular complexity index is 778. The summed E-state index contributed by atoms with van der Waals surface area (Å²) in [5.74, 6) is -0.288. The number of benzene rings is 1. The SMILES string of the molecule is COC(=O)c1ccccc1N(C)c1ncnc(N(C)C)c1[N+](=O)[O-]. The van der Waals surface area contributed by atoms with E-state index in [-0.39, 0.29) is 22.9 Å². The summed E-state index contributed by atoms with van der Waals surface area (Å²) in [5.41, 5.74) is 0.474. The third-order valence-corrected chi connectivity index (χ3v) is 3.38. The monoisotopic (exact) mass is 331 g/mol. The van der Waals surface area contributed by atoms with Gasteiger partial charge in [0.15, 0.2) is 0 Å². The second-order valence-corrected chi connectivity index (χ2v) is 5.09. The van der Waals surface area contributed by atoms with Gasteiger partial charge >= 0.3 is 11.7 Å². The molecule has 0 unspecified atom stereocenters. The van der Waals surface area contributed by atoms with Gasteiger partial charge in [-0.2, -0.15) is 0 Å². The highest BCUT2D eigenvalue weighted by molar-refractivity contribution is 5.97. The molecular formula is C15H17N5O4. The molecule has 9 heteroatoms. The molecule has 0 saturated carbocycles. The first-order valence-corrected chi connectivity index (χ1v) is 6.96. The Hall–Kier alpha value is -3.23. The van der Waals surface area contributed by atoms with Crippen molar-refractivity contribution in [3.8, 4) is 0 Å². The number of carbonyl (C=O) groups is 1. The zero-order valence-electron chi connectivity index (χ0n) is 13.8. The van der Waals surface area contributed by atoms with Crippen molar-refractivity contribution in [2.45, 2.75) is 0 Å². The van der Waals surface area contributed by atoms with Crippen LogP contribution >= 0.6 is 0 Å². The fraction of sp³-hybridized carbons (Fsp3) is 0.267. The lowest BCUT2D eigenvalue weighted by Crippen LogP contribution is -2.20. The molecule has 1 heterocycles. The summed E-state index contributed by atoms with van der Waals surface area (Å²) in [4.78, 5) is 33.9. The summed E-state index contributed by atoms with van der Waals surface area (Å²) in [6.07, 6.45) is 1.24. The van der Waals surface area contributed by atoms with Gasteiger partial charge in [0.05, 0.1) is 23.3 Å². The fourth-order valence-corrected chi connectivity index (χ4v) is 2.26. The van der Waals surface area contributed by atoms with Crippen LogP contribution in [0.25, 0.3) is 0 Å². The van der Waals surface area contributed by atoms with Crippen LogP contribution in [-0.2, 0) is 4.74 Å². The van der Waals surface area contributed by atoms with Crippen LogP contribution in [0.5, 0.6) is 0 Å². The third-order valence-electron chi connectivity index (χ3n) is 3.38. The summed E-state index contributed by atoms with van der Waals surface area (Å²) in [6.45, 7) is 0. The Morgan fingerprint density at radius 1 is 1.17 bits per heavy atom. The number of nitro groups is 1. The van der Waals surface area contributed by atoms with Gasteiger partial charge in [-0.1, -0.05) is 12.1 Å². The lowest BCUT2D eigenvalue weighted by atomic mass is 10.1. The largest absolute Gasteiger partial charge is 0.465 e. The Kier molecular flexibility index (Phi) is 4.93. The number of hydrogen-bond donors (Lipinski definition) is 0. The lowest BCUT2D eigenvalue weighted by molar-refractivity contribution is -0.383. The minimum Gasteiger partial charge on any atom is -0.465 e. The molecular weight excluding hydrogens is 314 g/mol. The molecule has 0 fully saturated rings. The second-order valence-electron chi connectivity index (χ2n) is 5.09. The predicted octanol–water partition coefficient (Wildman–Crippen LogP) is 2.01. The van der Waals surface area contributed by atoms with E-state index in [1.54, 1.807) is 45.4 Å².